The third-order valence-electron chi connectivity index (χ3n) is 3.87. The number of nitrogens with one attached hydrogen (secondary N) is 1. The van der Waals surface area contributed by atoms with E-state index in [0.29, 0.717) is 23.1 Å². The Morgan fingerprint density at radius 1 is 1.14 bits per heavy atom. The molecule has 7 heteroatoms. The summed E-state index contributed by atoms with van der Waals surface area (Å²) in [6.07, 6.45) is 3.03. The molecule has 0 aliphatic heterocycles. The highest BCUT2D eigenvalue weighted by Crippen LogP contribution is 2.29. The number of amides is 2. The van der Waals surface area contributed by atoms with E-state index in [1.807, 2.05) is 37.3 Å². The van der Waals surface area contributed by atoms with Gasteiger partial charge in [-0.1, -0.05) is 18.2 Å². The van der Waals surface area contributed by atoms with Crippen LogP contribution in [0.25, 0.3) is 6.08 Å². The molecule has 2 aromatic carbocycles. The van der Waals surface area contributed by atoms with Gasteiger partial charge in [-0.2, -0.15) is 0 Å². The van der Waals surface area contributed by atoms with Crippen LogP contribution < -0.4 is 15.0 Å². The van der Waals surface area contributed by atoms with Gasteiger partial charge in [0.05, 0.1) is 18.0 Å². The SMILES string of the molecule is CCOc1ccc(NC(=O)/C=C/c2csc(N(C(C)=O)c3ccccc3)n2)cc1. The van der Waals surface area contributed by atoms with Crippen molar-refractivity contribution in [2.75, 3.05) is 16.8 Å². The molecule has 6 nitrogen and oxygen atoms in total. The van der Waals surface area contributed by atoms with Gasteiger partial charge in [-0.05, 0) is 49.4 Å². The van der Waals surface area contributed by atoms with Crippen molar-refractivity contribution >= 4 is 45.7 Å². The van der Waals surface area contributed by atoms with Gasteiger partial charge in [0.2, 0.25) is 11.8 Å². The number of carbonyl (C=O) groups is 2. The van der Waals surface area contributed by atoms with E-state index in [-0.39, 0.29) is 11.8 Å². The molecule has 148 valence electrons. The summed E-state index contributed by atoms with van der Waals surface area (Å²) >= 11 is 1.34. The minimum Gasteiger partial charge on any atom is -0.494 e. The van der Waals surface area contributed by atoms with Crippen molar-refractivity contribution < 1.29 is 14.3 Å². The molecule has 0 bridgehead atoms. The third kappa shape index (κ3) is 5.52. The molecule has 0 unspecified atom stereocenters. The fraction of sp³-hybridized carbons (Fsp3) is 0.136. The maximum absolute atomic E-state index is 12.1. The first-order chi connectivity index (χ1) is 14.1. The van der Waals surface area contributed by atoms with E-state index >= 15 is 0 Å². The van der Waals surface area contributed by atoms with E-state index < -0.39 is 0 Å². The Morgan fingerprint density at radius 2 is 1.86 bits per heavy atom. The summed E-state index contributed by atoms with van der Waals surface area (Å²) in [4.78, 5) is 30.2. The Hall–Kier alpha value is -3.45. The van der Waals surface area contributed by atoms with Gasteiger partial charge < -0.3 is 10.1 Å². The molecule has 0 atom stereocenters. The number of hydrogen-bond donors (Lipinski definition) is 1. The van der Waals surface area contributed by atoms with Crippen LogP contribution in [0.5, 0.6) is 5.75 Å². The van der Waals surface area contributed by atoms with E-state index in [2.05, 4.69) is 10.3 Å². The standard InChI is InChI=1S/C22H21N3O3S/c1-3-28-20-12-9-17(10-13-20)23-21(27)14-11-18-15-29-22(24-18)25(16(2)26)19-7-5-4-6-8-19/h4-15H,3H2,1-2H3,(H,23,27)/b14-11+. The summed E-state index contributed by atoms with van der Waals surface area (Å²) in [7, 11) is 0. The molecule has 0 spiro atoms. The number of hydrogen-bond acceptors (Lipinski definition) is 5. The van der Waals surface area contributed by atoms with E-state index in [9.17, 15) is 9.59 Å². The number of carbonyl (C=O) groups excluding carboxylic acids is 2. The molecular formula is C22H21N3O3S. The van der Waals surface area contributed by atoms with Crippen molar-refractivity contribution in [1.82, 2.24) is 4.98 Å². The first-order valence-electron chi connectivity index (χ1n) is 9.10. The largest absolute Gasteiger partial charge is 0.494 e. The van der Waals surface area contributed by atoms with Gasteiger partial charge in [-0.3, -0.25) is 14.5 Å². The highest BCUT2D eigenvalue weighted by atomic mass is 32.1. The molecule has 0 aliphatic carbocycles. The predicted octanol–water partition coefficient (Wildman–Crippen LogP) is 4.88. The Morgan fingerprint density at radius 3 is 2.52 bits per heavy atom. The molecule has 0 radical (unpaired) electrons. The van der Waals surface area contributed by atoms with Gasteiger partial charge in [-0.15, -0.1) is 11.3 Å². The van der Waals surface area contributed by atoms with Crippen LogP contribution in [0.4, 0.5) is 16.5 Å². The fourth-order valence-electron chi connectivity index (χ4n) is 2.61. The van der Waals surface area contributed by atoms with Gasteiger partial charge in [0, 0.05) is 24.1 Å². The van der Waals surface area contributed by atoms with Crippen molar-refractivity contribution in [3.63, 3.8) is 0 Å². The van der Waals surface area contributed by atoms with Crippen molar-refractivity contribution in [2.45, 2.75) is 13.8 Å². The fourth-order valence-corrected chi connectivity index (χ4v) is 3.46. The summed E-state index contributed by atoms with van der Waals surface area (Å²) in [6, 6.07) is 16.5. The molecule has 29 heavy (non-hydrogen) atoms. The van der Waals surface area contributed by atoms with Crippen LogP contribution >= 0.6 is 11.3 Å². The minimum absolute atomic E-state index is 0.130. The quantitative estimate of drug-likeness (QED) is 0.567. The van der Waals surface area contributed by atoms with Gasteiger partial charge in [0.15, 0.2) is 5.13 Å². The second kappa shape index (κ2) is 9.66. The molecule has 3 aromatic rings. The van der Waals surface area contributed by atoms with Crippen LogP contribution in [0.2, 0.25) is 0 Å². The summed E-state index contributed by atoms with van der Waals surface area (Å²) in [5, 5.41) is 5.14. The molecule has 0 saturated carbocycles. The topological polar surface area (TPSA) is 71.5 Å². The summed E-state index contributed by atoms with van der Waals surface area (Å²) in [6.45, 7) is 4.00. The van der Waals surface area contributed by atoms with E-state index in [1.54, 1.807) is 40.6 Å². The summed E-state index contributed by atoms with van der Waals surface area (Å²) in [5.41, 5.74) is 2.03. The first kappa shape index (κ1) is 20.3. The third-order valence-corrected chi connectivity index (χ3v) is 4.71. The van der Waals surface area contributed by atoms with E-state index in [1.165, 1.54) is 24.3 Å². The van der Waals surface area contributed by atoms with Gasteiger partial charge >= 0.3 is 0 Å². The van der Waals surface area contributed by atoms with E-state index in [4.69, 9.17) is 4.74 Å². The summed E-state index contributed by atoms with van der Waals surface area (Å²) < 4.78 is 5.38. The van der Waals surface area contributed by atoms with Crippen LogP contribution in [0.1, 0.15) is 19.5 Å². The lowest BCUT2D eigenvalue weighted by atomic mass is 10.3. The number of nitrogens with zero attached hydrogens (tertiary/aromatic N) is 2. The monoisotopic (exact) mass is 407 g/mol. The Kier molecular flexibility index (Phi) is 6.76. The second-order valence-corrected chi connectivity index (χ2v) is 6.86. The van der Waals surface area contributed by atoms with Gasteiger partial charge in [-0.25, -0.2) is 4.98 Å². The van der Waals surface area contributed by atoms with Crippen LogP contribution in [-0.4, -0.2) is 23.4 Å². The Labute approximate surface area is 173 Å². The molecule has 0 aliphatic rings. The van der Waals surface area contributed by atoms with Crippen molar-refractivity contribution in [3.8, 4) is 5.75 Å². The molecular weight excluding hydrogens is 386 g/mol. The zero-order valence-corrected chi connectivity index (χ0v) is 17.0. The van der Waals surface area contributed by atoms with Crippen LogP contribution in [0.15, 0.2) is 66.1 Å². The number of benzene rings is 2. The lowest BCUT2D eigenvalue weighted by molar-refractivity contribution is -0.116. The normalized spacial score (nSPS) is 10.7. The highest BCUT2D eigenvalue weighted by molar-refractivity contribution is 7.14. The zero-order valence-electron chi connectivity index (χ0n) is 16.2. The molecule has 1 N–H and O–H groups in total. The smallest absolute Gasteiger partial charge is 0.248 e. The Bertz CT molecular complexity index is 998. The highest BCUT2D eigenvalue weighted by Gasteiger charge is 2.17. The van der Waals surface area contributed by atoms with Crippen LogP contribution in [0, 0.1) is 0 Å². The van der Waals surface area contributed by atoms with Crippen molar-refractivity contribution in [2.24, 2.45) is 0 Å². The first-order valence-corrected chi connectivity index (χ1v) is 9.98. The van der Waals surface area contributed by atoms with Crippen molar-refractivity contribution in [3.05, 3.63) is 71.7 Å². The molecule has 0 saturated heterocycles. The number of ether oxygens (including phenoxy) is 1. The number of aromatic nitrogens is 1. The van der Waals surface area contributed by atoms with Gasteiger partial charge in [0.1, 0.15) is 5.75 Å². The lowest BCUT2D eigenvalue weighted by Crippen LogP contribution is -2.22. The molecule has 2 amide bonds. The van der Waals surface area contributed by atoms with Crippen molar-refractivity contribution in [1.29, 1.82) is 0 Å². The number of rotatable bonds is 7. The van der Waals surface area contributed by atoms with Crippen LogP contribution in [-0.2, 0) is 9.59 Å². The zero-order chi connectivity index (χ0) is 20.6. The maximum atomic E-state index is 12.1. The Balaban J connectivity index is 1.66. The van der Waals surface area contributed by atoms with E-state index in [0.717, 1.165) is 11.4 Å². The average Bonchev–Trinajstić information content (AvgIpc) is 3.17. The van der Waals surface area contributed by atoms with Crippen LogP contribution in [0.3, 0.4) is 0 Å². The molecule has 0 fully saturated rings. The minimum atomic E-state index is -0.268. The predicted molar refractivity (Wildman–Crippen MR) is 117 cm³/mol. The molecule has 3 rings (SSSR count). The second-order valence-electron chi connectivity index (χ2n) is 6.02. The number of anilines is 3. The molecule has 1 aromatic heterocycles. The maximum Gasteiger partial charge on any atom is 0.248 e. The lowest BCUT2D eigenvalue weighted by Gasteiger charge is -2.17. The average molecular weight is 407 g/mol. The summed E-state index contributed by atoms with van der Waals surface area (Å²) in [5.74, 6) is 0.356. The molecule has 1 heterocycles. The van der Waals surface area contributed by atoms with Gasteiger partial charge in [0.25, 0.3) is 0 Å². The number of para-hydroxylation sites is 1. The number of thiazole rings is 1.